The van der Waals surface area contributed by atoms with Crippen LogP contribution in [0.15, 0.2) is 30.5 Å². The predicted octanol–water partition coefficient (Wildman–Crippen LogP) is 3.39. The summed E-state index contributed by atoms with van der Waals surface area (Å²) in [6.45, 7) is 2.13. The monoisotopic (exact) mass is 385 g/mol. The Balaban J connectivity index is 0.00000196. The van der Waals surface area contributed by atoms with Gasteiger partial charge in [0.15, 0.2) is 5.69 Å². The fraction of sp³-hybridized carbons (Fsp3) is 0.471. The van der Waals surface area contributed by atoms with E-state index >= 15 is 0 Å². The van der Waals surface area contributed by atoms with Crippen molar-refractivity contribution in [2.75, 3.05) is 18.4 Å². The van der Waals surface area contributed by atoms with Gasteiger partial charge in [-0.25, -0.2) is 0 Å². The van der Waals surface area contributed by atoms with Crippen LogP contribution in [0.5, 0.6) is 0 Å². The van der Waals surface area contributed by atoms with Gasteiger partial charge in [-0.1, -0.05) is 0 Å². The maximum Gasteiger partial charge on any atom is 0.434 e. The minimum atomic E-state index is -4.52. The highest BCUT2D eigenvalue weighted by atomic mass is 35.5. The van der Waals surface area contributed by atoms with Crippen LogP contribution in [-0.2, 0) is 6.18 Å². The van der Waals surface area contributed by atoms with Crippen molar-refractivity contribution in [1.82, 2.24) is 20.5 Å². The van der Waals surface area contributed by atoms with Gasteiger partial charge in [-0.05, 0) is 62.0 Å². The molecule has 1 saturated heterocycles. The van der Waals surface area contributed by atoms with Crippen LogP contribution in [0.2, 0.25) is 0 Å². The highest BCUT2D eigenvalue weighted by Gasteiger charge is 2.37. The topological polar surface area (TPSA) is 62.7 Å². The summed E-state index contributed by atoms with van der Waals surface area (Å²) in [7, 11) is 0. The molecule has 2 aromatic heterocycles. The molecule has 26 heavy (non-hydrogen) atoms. The molecule has 1 aliphatic carbocycles. The van der Waals surface area contributed by atoms with Crippen molar-refractivity contribution in [1.29, 1.82) is 0 Å². The minimum absolute atomic E-state index is 0. The van der Waals surface area contributed by atoms with E-state index < -0.39 is 11.9 Å². The van der Waals surface area contributed by atoms with Gasteiger partial charge in [-0.3, -0.25) is 4.98 Å². The Morgan fingerprint density at radius 2 is 1.77 bits per heavy atom. The van der Waals surface area contributed by atoms with Crippen LogP contribution in [-0.4, -0.2) is 34.3 Å². The highest BCUT2D eigenvalue weighted by molar-refractivity contribution is 5.85. The van der Waals surface area contributed by atoms with E-state index in [4.69, 9.17) is 0 Å². The first kappa shape index (κ1) is 18.8. The van der Waals surface area contributed by atoms with Crippen LogP contribution >= 0.6 is 12.4 Å². The van der Waals surface area contributed by atoms with Crippen LogP contribution in [0, 0.1) is 11.8 Å². The molecule has 9 heteroatoms. The van der Waals surface area contributed by atoms with Crippen molar-refractivity contribution < 1.29 is 13.2 Å². The summed E-state index contributed by atoms with van der Waals surface area (Å²) in [5.41, 5.74) is -0.838. The van der Waals surface area contributed by atoms with Gasteiger partial charge in [0.25, 0.3) is 0 Å². The lowest BCUT2D eigenvalue weighted by Gasteiger charge is -2.15. The maximum atomic E-state index is 13.1. The molecule has 2 unspecified atom stereocenters. The third-order valence-electron chi connectivity index (χ3n) is 5.02. The number of alkyl halides is 3. The zero-order chi connectivity index (χ0) is 17.4. The Bertz CT molecular complexity index is 741. The molecule has 2 aromatic rings. The van der Waals surface area contributed by atoms with Gasteiger partial charge in [0.1, 0.15) is 5.82 Å². The molecule has 0 amide bonds. The molecule has 0 spiro atoms. The lowest BCUT2D eigenvalue weighted by molar-refractivity contribution is -0.140. The van der Waals surface area contributed by atoms with E-state index in [2.05, 4.69) is 25.8 Å². The number of hydrogen-bond donors (Lipinski definition) is 2. The first-order chi connectivity index (χ1) is 12.0. The average Bonchev–Trinajstić information content (AvgIpc) is 3.16. The fourth-order valence-corrected chi connectivity index (χ4v) is 3.88. The molecule has 5 nitrogen and oxygen atoms in total. The number of nitrogens with zero attached hydrogens (tertiary/aromatic N) is 3. The first-order valence-corrected chi connectivity index (χ1v) is 8.34. The number of pyridine rings is 1. The Labute approximate surface area is 155 Å². The van der Waals surface area contributed by atoms with Crippen molar-refractivity contribution in [2.24, 2.45) is 11.8 Å². The lowest BCUT2D eigenvalue weighted by atomic mass is 10.0. The van der Waals surface area contributed by atoms with E-state index in [-0.39, 0.29) is 23.7 Å². The van der Waals surface area contributed by atoms with E-state index in [9.17, 15) is 13.2 Å². The van der Waals surface area contributed by atoms with Crippen molar-refractivity contribution in [3.8, 4) is 11.3 Å². The van der Waals surface area contributed by atoms with Crippen molar-refractivity contribution >= 4 is 18.2 Å². The summed E-state index contributed by atoms with van der Waals surface area (Å²) >= 11 is 0. The van der Waals surface area contributed by atoms with Gasteiger partial charge in [-0.15, -0.1) is 22.6 Å². The normalized spacial score (nSPS) is 24.8. The molecule has 2 fully saturated rings. The SMILES string of the molecule is Cl.FC(F)(F)c1ncccc1-c1ccc(NC2CC3CNCC3C2)nn1. The second kappa shape index (κ2) is 7.36. The van der Waals surface area contributed by atoms with Gasteiger partial charge in [0, 0.05) is 17.8 Å². The summed E-state index contributed by atoms with van der Waals surface area (Å²) in [5, 5.41) is 14.8. The van der Waals surface area contributed by atoms with Crippen molar-refractivity contribution in [3.05, 3.63) is 36.2 Å². The Kier molecular flexibility index (Phi) is 5.34. The number of halogens is 4. The molecule has 0 aromatic carbocycles. The molecule has 2 aliphatic rings. The molecule has 0 bridgehead atoms. The summed E-state index contributed by atoms with van der Waals surface area (Å²) < 4.78 is 39.2. The largest absolute Gasteiger partial charge is 0.434 e. The molecule has 1 aliphatic heterocycles. The van der Waals surface area contributed by atoms with Crippen LogP contribution in [0.4, 0.5) is 19.0 Å². The van der Waals surface area contributed by atoms with Crippen LogP contribution in [0.1, 0.15) is 18.5 Å². The second-order valence-corrected chi connectivity index (χ2v) is 6.69. The van der Waals surface area contributed by atoms with Gasteiger partial charge in [0.2, 0.25) is 0 Å². The minimum Gasteiger partial charge on any atom is -0.366 e. The molecule has 3 heterocycles. The van der Waals surface area contributed by atoms with Crippen LogP contribution < -0.4 is 10.6 Å². The van der Waals surface area contributed by atoms with Crippen molar-refractivity contribution in [3.63, 3.8) is 0 Å². The Hall–Kier alpha value is -1.93. The summed E-state index contributed by atoms with van der Waals surface area (Å²) in [4.78, 5) is 3.45. The zero-order valence-electron chi connectivity index (χ0n) is 13.8. The van der Waals surface area contributed by atoms with Crippen LogP contribution in [0.25, 0.3) is 11.3 Å². The predicted molar refractivity (Wildman–Crippen MR) is 94.0 cm³/mol. The number of fused-ring (bicyclic) bond motifs is 1. The smallest absolute Gasteiger partial charge is 0.366 e. The average molecular weight is 386 g/mol. The van der Waals surface area contributed by atoms with Gasteiger partial charge >= 0.3 is 6.18 Å². The molecule has 140 valence electrons. The molecule has 2 N–H and O–H groups in total. The zero-order valence-corrected chi connectivity index (χ0v) is 14.6. The van der Waals surface area contributed by atoms with E-state index in [0.29, 0.717) is 23.7 Å². The molecular weight excluding hydrogens is 367 g/mol. The molecule has 1 saturated carbocycles. The maximum absolute atomic E-state index is 13.1. The molecule has 4 rings (SSSR count). The van der Waals surface area contributed by atoms with E-state index in [1.54, 1.807) is 12.1 Å². The third kappa shape index (κ3) is 3.76. The third-order valence-corrected chi connectivity index (χ3v) is 5.02. The number of aromatic nitrogens is 3. The second-order valence-electron chi connectivity index (χ2n) is 6.69. The first-order valence-electron chi connectivity index (χ1n) is 8.34. The van der Waals surface area contributed by atoms with Crippen LogP contribution in [0.3, 0.4) is 0 Å². The molecule has 0 radical (unpaired) electrons. The quantitative estimate of drug-likeness (QED) is 0.848. The lowest BCUT2D eigenvalue weighted by Crippen LogP contribution is -2.21. The number of hydrogen-bond acceptors (Lipinski definition) is 5. The van der Waals surface area contributed by atoms with E-state index in [1.165, 1.54) is 12.1 Å². The summed E-state index contributed by atoms with van der Waals surface area (Å²) in [6, 6.07) is 6.41. The van der Waals surface area contributed by atoms with Gasteiger partial charge < -0.3 is 10.6 Å². The standard InChI is InChI=1S/C17H18F3N5.ClH/c18-17(19,20)16-13(2-1-5-22-16)14-3-4-15(25-24-14)23-12-6-10-8-21-9-11(10)7-12;/h1-5,10-12,21H,6-9H2,(H,23,25);1H. The van der Waals surface area contributed by atoms with Crippen molar-refractivity contribution in [2.45, 2.75) is 25.1 Å². The Morgan fingerprint density at radius 3 is 2.38 bits per heavy atom. The van der Waals surface area contributed by atoms with Gasteiger partial charge in [-0.2, -0.15) is 13.2 Å². The highest BCUT2D eigenvalue weighted by Crippen LogP contribution is 2.36. The summed E-state index contributed by atoms with van der Waals surface area (Å²) in [5.74, 6) is 2.00. The number of rotatable bonds is 3. The summed E-state index contributed by atoms with van der Waals surface area (Å²) in [6.07, 6.45) is -1.23. The number of anilines is 1. The number of nitrogens with one attached hydrogen (secondary N) is 2. The molecular formula is C17H19ClF3N5. The van der Waals surface area contributed by atoms with E-state index in [0.717, 1.165) is 32.1 Å². The van der Waals surface area contributed by atoms with E-state index in [1.807, 2.05) is 0 Å². The fourth-order valence-electron chi connectivity index (χ4n) is 3.88. The Morgan fingerprint density at radius 1 is 1.04 bits per heavy atom. The van der Waals surface area contributed by atoms with Gasteiger partial charge in [0.05, 0.1) is 5.69 Å². The molecule has 2 atom stereocenters.